The van der Waals surface area contributed by atoms with Crippen molar-refractivity contribution in [2.24, 2.45) is 0 Å². The Balaban J connectivity index is 2.01. The molecule has 1 aromatic heterocycles. The maximum absolute atomic E-state index is 10.0. The van der Waals surface area contributed by atoms with Gasteiger partial charge in [0, 0.05) is 11.8 Å². The van der Waals surface area contributed by atoms with Crippen LogP contribution in [0.25, 0.3) is 11.3 Å². The fourth-order valence-corrected chi connectivity index (χ4v) is 2.71. The Morgan fingerprint density at radius 3 is 2.55 bits per heavy atom. The fourth-order valence-electron chi connectivity index (χ4n) is 2.71. The highest BCUT2D eigenvalue weighted by atomic mass is 16.3. The van der Waals surface area contributed by atoms with Crippen LogP contribution in [0.15, 0.2) is 30.5 Å². The molecule has 0 radical (unpaired) electrons. The molecule has 0 unspecified atom stereocenters. The number of benzene rings is 1. The van der Waals surface area contributed by atoms with Crippen LogP contribution in [0.1, 0.15) is 43.6 Å². The molecule has 0 fully saturated rings. The molecule has 1 aliphatic carbocycles. The van der Waals surface area contributed by atoms with Crippen LogP contribution in [-0.2, 0) is 18.4 Å². The van der Waals surface area contributed by atoms with Crippen molar-refractivity contribution in [3.05, 3.63) is 47.4 Å². The van der Waals surface area contributed by atoms with Gasteiger partial charge < -0.3 is 5.11 Å². The van der Waals surface area contributed by atoms with Crippen molar-refractivity contribution in [3.63, 3.8) is 0 Å². The van der Waals surface area contributed by atoms with Crippen LogP contribution in [0, 0.1) is 0 Å². The minimum Gasteiger partial charge on any atom is -0.382 e. The van der Waals surface area contributed by atoms with Gasteiger partial charge in [0.05, 0.1) is 5.69 Å². The number of aliphatic hydroxyl groups is 1. The summed E-state index contributed by atoms with van der Waals surface area (Å²) >= 11 is 0. The van der Waals surface area contributed by atoms with Crippen molar-refractivity contribution in [1.82, 2.24) is 9.97 Å². The van der Waals surface area contributed by atoms with E-state index in [2.05, 4.69) is 28.2 Å². The maximum Gasteiger partial charge on any atom is 0.159 e. The molecule has 2 aromatic rings. The average Bonchev–Trinajstić information content (AvgIpc) is 2.46. The largest absolute Gasteiger partial charge is 0.382 e. The van der Waals surface area contributed by atoms with E-state index in [4.69, 9.17) is 0 Å². The third kappa shape index (κ3) is 2.59. The molecule has 0 saturated heterocycles. The molecule has 1 N–H and O–H groups in total. The standard InChI is InChI=1S/C17H20N2O/c1-17(2,20)16-18-10-9-15(19-16)14-8-7-12-5-3-4-6-13(12)11-14/h7-11,20H,3-6H2,1-2H3. The quantitative estimate of drug-likeness (QED) is 0.909. The van der Waals surface area contributed by atoms with Gasteiger partial charge in [-0.2, -0.15) is 0 Å². The highest BCUT2D eigenvalue weighted by Crippen LogP contribution is 2.27. The molecule has 0 bridgehead atoms. The van der Waals surface area contributed by atoms with Crippen molar-refractivity contribution in [2.75, 3.05) is 0 Å². The summed E-state index contributed by atoms with van der Waals surface area (Å²) in [5, 5.41) is 10.0. The molecular formula is C17H20N2O. The van der Waals surface area contributed by atoms with Gasteiger partial charge in [-0.3, -0.25) is 0 Å². The molecular weight excluding hydrogens is 248 g/mol. The van der Waals surface area contributed by atoms with Crippen molar-refractivity contribution in [3.8, 4) is 11.3 Å². The summed E-state index contributed by atoms with van der Waals surface area (Å²) in [6.45, 7) is 3.41. The first-order valence-corrected chi connectivity index (χ1v) is 7.22. The van der Waals surface area contributed by atoms with Crippen LogP contribution in [0.3, 0.4) is 0 Å². The lowest BCUT2D eigenvalue weighted by Crippen LogP contribution is -2.19. The van der Waals surface area contributed by atoms with E-state index in [1.54, 1.807) is 20.0 Å². The molecule has 104 valence electrons. The van der Waals surface area contributed by atoms with Crippen LogP contribution in [-0.4, -0.2) is 15.1 Å². The third-order valence-corrected chi connectivity index (χ3v) is 3.85. The molecule has 0 spiro atoms. The Morgan fingerprint density at radius 2 is 1.80 bits per heavy atom. The van der Waals surface area contributed by atoms with Gasteiger partial charge in [-0.25, -0.2) is 9.97 Å². The van der Waals surface area contributed by atoms with Gasteiger partial charge in [0.15, 0.2) is 5.82 Å². The number of nitrogens with zero attached hydrogens (tertiary/aromatic N) is 2. The number of rotatable bonds is 2. The summed E-state index contributed by atoms with van der Waals surface area (Å²) in [4.78, 5) is 8.66. The second-order valence-electron chi connectivity index (χ2n) is 6.02. The zero-order chi connectivity index (χ0) is 14.2. The van der Waals surface area contributed by atoms with E-state index in [0.717, 1.165) is 17.7 Å². The smallest absolute Gasteiger partial charge is 0.159 e. The fraction of sp³-hybridized carbons (Fsp3) is 0.412. The molecule has 3 heteroatoms. The monoisotopic (exact) mass is 268 g/mol. The Labute approximate surface area is 119 Å². The summed E-state index contributed by atoms with van der Waals surface area (Å²) in [7, 11) is 0. The van der Waals surface area contributed by atoms with Crippen molar-refractivity contribution in [1.29, 1.82) is 0 Å². The van der Waals surface area contributed by atoms with E-state index in [9.17, 15) is 5.11 Å². The Kier molecular flexibility index (Phi) is 3.30. The van der Waals surface area contributed by atoms with Gasteiger partial charge in [-0.1, -0.05) is 12.1 Å². The molecule has 0 atom stereocenters. The highest BCUT2D eigenvalue weighted by Gasteiger charge is 2.20. The zero-order valence-electron chi connectivity index (χ0n) is 12.1. The minimum atomic E-state index is -1.01. The lowest BCUT2D eigenvalue weighted by molar-refractivity contribution is 0.0688. The van der Waals surface area contributed by atoms with E-state index >= 15 is 0 Å². The average molecular weight is 268 g/mol. The molecule has 3 rings (SSSR count). The van der Waals surface area contributed by atoms with Gasteiger partial charge >= 0.3 is 0 Å². The zero-order valence-corrected chi connectivity index (χ0v) is 12.1. The number of fused-ring (bicyclic) bond motifs is 1. The van der Waals surface area contributed by atoms with Gasteiger partial charge in [0.25, 0.3) is 0 Å². The Morgan fingerprint density at radius 1 is 1.05 bits per heavy atom. The predicted octanol–water partition coefficient (Wildman–Crippen LogP) is 3.25. The normalized spacial score (nSPS) is 14.9. The van der Waals surface area contributed by atoms with Crippen molar-refractivity contribution >= 4 is 0 Å². The molecule has 3 nitrogen and oxygen atoms in total. The number of aromatic nitrogens is 2. The van der Waals surface area contributed by atoms with Crippen molar-refractivity contribution in [2.45, 2.75) is 45.1 Å². The Bertz CT molecular complexity index is 629. The van der Waals surface area contributed by atoms with Gasteiger partial charge in [0.1, 0.15) is 5.60 Å². The van der Waals surface area contributed by atoms with Crippen LogP contribution >= 0.6 is 0 Å². The first-order valence-electron chi connectivity index (χ1n) is 7.22. The van der Waals surface area contributed by atoms with E-state index < -0.39 is 5.60 Å². The molecule has 1 heterocycles. The van der Waals surface area contributed by atoms with E-state index in [-0.39, 0.29) is 0 Å². The summed E-state index contributed by atoms with van der Waals surface area (Å²) in [5.41, 5.74) is 3.89. The summed E-state index contributed by atoms with van der Waals surface area (Å²) < 4.78 is 0. The van der Waals surface area contributed by atoms with E-state index in [0.29, 0.717) is 5.82 Å². The molecule has 1 aliphatic rings. The van der Waals surface area contributed by atoms with Crippen LogP contribution < -0.4 is 0 Å². The maximum atomic E-state index is 10.0. The van der Waals surface area contributed by atoms with Crippen LogP contribution in [0.2, 0.25) is 0 Å². The summed E-state index contributed by atoms with van der Waals surface area (Å²) in [5.74, 6) is 0.465. The molecule has 0 saturated carbocycles. The van der Waals surface area contributed by atoms with Gasteiger partial charge in [-0.05, 0) is 62.8 Å². The predicted molar refractivity (Wildman–Crippen MR) is 79.4 cm³/mol. The third-order valence-electron chi connectivity index (χ3n) is 3.85. The van der Waals surface area contributed by atoms with E-state index in [1.807, 2.05) is 6.07 Å². The SMILES string of the molecule is CC(C)(O)c1nccc(-c2ccc3c(c2)CCCC3)n1. The first kappa shape index (κ1) is 13.3. The van der Waals surface area contributed by atoms with Gasteiger partial charge in [0.2, 0.25) is 0 Å². The van der Waals surface area contributed by atoms with Crippen molar-refractivity contribution < 1.29 is 5.11 Å². The molecule has 1 aromatic carbocycles. The van der Waals surface area contributed by atoms with E-state index in [1.165, 1.54) is 30.4 Å². The lowest BCUT2D eigenvalue weighted by Gasteiger charge is -2.18. The first-order chi connectivity index (χ1) is 9.54. The molecule has 0 aliphatic heterocycles. The molecule has 20 heavy (non-hydrogen) atoms. The lowest BCUT2D eigenvalue weighted by atomic mass is 9.90. The van der Waals surface area contributed by atoms with Gasteiger partial charge in [-0.15, -0.1) is 0 Å². The number of hydrogen-bond acceptors (Lipinski definition) is 3. The second kappa shape index (κ2) is 4.98. The van der Waals surface area contributed by atoms with Crippen LogP contribution in [0.4, 0.5) is 0 Å². The van der Waals surface area contributed by atoms with Crippen LogP contribution in [0.5, 0.6) is 0 Å². The molecule has 0 amide bonds. The highest BCUT2D eigenvalue weighted by molar-refractivity contribution is 5.61. The second-order valence-corrected chi connectivity index (χ2v) is 6.02. The summed E-state index contributed by atoms with van der Waals surface area (Å²) in [6.07, 6.45) is 6.63. The number of hydrogen-bond donors (Lipinski definition) is 1. The summed E-state index contributed by atoms with van der Waals surface area (Å²) in [6, 6.07) is 8.49. The Hall–Kier alpha value is -1.74. The number of aryl methyl sites for hydroxylation is 2. The minimum absolute atomic E-state index is 0.465. The topological polar surface area (TPSA) is 46.0 Å².